The third kappa shape index (κ3) is 4.89. The van der Waals surface area contributed by atoms with Crippen molar-refractivity contribution in [3.05, 3.63) is 11.8 Å². The number of rotatable bonds is 7. The molecule has 0 radical (unpaired) electrons. The predicted molar refractivity (Wildman–Crippen MR) is 79.0 cm³/mol. The van der Waals surface area contributed by atoms with E-state index in [0.717, 1.165) is 11.8 Å². The molecular formula is C13H19N3O4S. The maximum absolute atomic E-state index is 11.7. The van der Waals surface area contributed by atoms with Gasteiger partial charge in [0.25, 0.3) is 0 Å². The minimum atomic E-state index is -0.566. The van der Waals surface area contributed by atoms with E-state index in [9.17, 15) is 9.59 Å². The molecule has 0 aromatic carbocycles. The van der Waals surface area contributed by atoms with Crippen LogP contribution >= 0.6 is 11.8 Å². The van der Waals surface area contributed by atoms with Gasteiger partial charge in [-0.05, 0) is 20.3 Å². The molecule has 1 aromatic heterocycles. The van der Waals surface area contributed by atoms with E-state index in [2.05, 4.69) is 9.97 Å². The summed E-state index contributed by atoms with van der Waals surface area (Å²) in [5, 5.41) is -0.0850. The summed E-state index contributed by atoms with van der Waals surface area (Å²) in [5.74, 6) is -0.852. The van der Waals surface area contributed by atoms with E-state index in [1.54, 1.807) is 13.8 Å². The summed E-state index contributed by atoms with van der Waals surface area (Å²) in [4.78, 5) is 31.4. The summed E-state index contributed by atoms with van der Waals surface area (Å²) in [5.41, 5.74) is 5.84. The molecule has 0 aliphatic rings. The number of hydrogen-bond donors (Lipinski definition) is 1. The van der Waals surface area contributed by atoms with Gasteiger partial charge in [0, 0.05) is 6.20 Å². The second-order valence-electron chi connectivity index (χ2n) is 3.94. The van der Waals surface area contributed by atoms with Crippen molar-refractivity contribution in [3.63, 3.8) is 0 Å². The van der Waals surface area contributed by atoms with Gasteiger partial charge in [0.15, 0.2) is 5.16 Å². The lowest BCUT2D eigenvalue weighted by Crippen LogP contribution is -2.20. The van der Waals surface area contributed by atoms with Crippen molar-refractivity contribution in [2.75, 3.05) is 18.9 Å². The number of ether oxygens (including phenoxy) is 2. The number of carbonyl (C=O) groups is 2. The highest BCUT2D eigenvalue weighted by atomic mass is 32.2. The van der Waals surface area contributed by atoms with Gasteiger partial charge < -0.3 is 15.2 Å². The average molecular weight is 313 g/mol. The second-order valence-corrected chi connectivity index (χ2v) is 5.11. The summed E-state index contributed by atoms with van der Waals surface area (Å²) in [6.45, 7) is 5.88. The molecule has 21 heavy (non-hydrogen) atoms. The van der Waals surface area contributed by atoms with E-state index in [4.69, 9.17) is 15.2 Å². The molecule has 7 nitrogen and oxygen atoms in total. The van der Waals surface area contributed by atoms with Crippen LogP contribution in [0.4, 0.5) is 5.82 Å². The summed E-state index contributed by atoms with van der Waals surface area (Å²) in [6.07, 6.45) is 1.88. The summed E-state index contributed by atoms with van der Waals surface area (Å²) in [6, 6.07) is 0. The van der Waals surface area contributed by atoms with Crippen LogP contribution < -0.4 is 5.73 Å². The molecule has 0 fully saturated rings. The van der Waals surface area contributed by atoms with Crippen molar-refractivity contribution in [3.8, 4) is 0 Å². The highest BCUT2D eigenvalue weighted by molar-refractivity contribution is 8.00. The molecule has 0 saturated carbocycles. The van der Waals surface area contributed by atoms with E-state index in [-0.39, 0.29) is 24.0 Å². The number of hydrogen-bond acceptors (Lipinski definition) is 8. The SMILES string of the molecule is CCOC(=O)c1cnc(S[C@H](CC)C(=O)OCC)nc1N. The molecule has 2 N–H and O–H groups in total. The van der Waals surface area contributed by atoms with Gasteiger partial charge in [-0.3, -0.25) is 4.79 Å². The Labute approximate surface area is 127 Å². The summed E-state index contributed by atoms with van der Waals surface area (Å²) in [7, 11) is 0. The van der Waals surface area contributed by atoms with Crippen LogP contribution in [-0.2, 0) is 14.3 Å². The number of esters is 2. The van der Waals surface area contributed by atoms with Crippen LogP contribution in [0.2, 0.25) is 0 Å². The average Bonchev–Trinajstić information content (AvgIpc) is 2.45. The van der Waals surface area contributed by atoms with Crippen molar-refractivity contribution >= 4 is 29.5 Å². The fraction of sp³-hybridized carbons (Fsp3) is 0.538. The van der Waals surface area contributed by atoms with Crippen LogP contribution in [0, 0.1) is 0 Å². The van der Waals surface area contributed by atoms with Crippen LogP contribution in [-0.4, -0.2) is 40.4 Å². The zero-order chi connectivity index (χ0) is 15.8. The molecule has 8 heteroatoms. The van der Waals surface area contributed by atoms with Gasteiger partial charge in [0.2, 0.25) is 0 Å². The molecule has 0 unspecified atom stereocenters. The lowest BCUT2D eigenvalue weighted by Gasteiger charge is -2.12. The normalized spacial score (nSPS) is 11.8. The van der Waals surface area contributed by atoms with Crippen LogP contribution in [0.5, 0.6) is 0 Å². The first-order valence-corrected chi connectivity index (χ1v) is 7.54. The number of nitrogens with zero attached hydrogens (tertiary/aromatic N) is 2. The lowest BCUT2D eigenvalue weighted by atomic mass is 10.3. The highest BCUT2D eigenvalue weighted by Gasteiger charge is 2.22. The maximum Gasteiger partial charge on any atom is 0.343 e. The van der Waals surface area contributed by atoms with Crippen molar-refractivity contribution in [2.45, 2.75) is 37.6 Å². The summed E-state index contributed by atoms with van der Waals surface area (Å²) < 4.78 is 9.81. The number of thioether (sulfide) groups is 1. The first-order valence-electron chi connectivity index (χ1n) is 6.66. The van der Waals surface area contributed by atoms with Gasteiger partial charge >= 0.3 is 11.9 Å². The van der Waals surface area contributed by atoms with E-state index >= 15 is 0 Å². The van der Waals surface area contributed by atoms with Crippen molar-refractivity contribution in [1.29, 1.82) is 0 Å². The lowest BCUT2D eigenvalue weighted by molar-refractivity contribution is -0.142. The third-order valence-corrected chi connectivity index (χ3v) is 3.68. The zero-order valence-electron chi connectivity index (χ0n) is 12.3. The molecule has 1 heterocycles. The second kappa shape index (κ2) is 8.46. The molecule has 0 bridgehead atoms. The molecule has 0 aliphatic heterocycles. The molecule has 1 aromatic rings. The van der Waals surface area contributed by atoms with Crippen LogP contribution in [0.1, 0.15) is 37.6 Å². The molecule has 0 saturated heterocycles. The maximum atomic E-state index is 11.7. The Hall–Kier alpha value is -1.83. The molecular weight excluding hydrogens is 294 g/mol. The van der Waals surface area contributed by atoms with Gasteiger partial charge in [-0.1, -0.05) is 18.7 Å². The van der Waals surface area contributed by atoms with Crippen LogP contribution in [0.15, 0.2) is 11.4 Å². The Morgan fingerprint density at radius 3 is 2.48 bits per heavy atom. The number of carbonyl (C=O) groups excluding carboxylic acids is 2. The molecule has 0 amide bonds. The first kappa shape index (κ1) is 17.2. The van der Waals surface area contributed by atoms with E-state index < -0.39 is 11.2 Å². The minimum absolute atomic E-state index is 0.0321. The fourth-order valence-corrected chi connectivity index (χ4v) is 2.31. The Morgan fingerprint density at radius 1 is 1.29 bits per heavy atom. The zero-order valence-corrected chi connectivity index (χ0v) is 13.1. The van der Waals surface area contributed by atoms with E-state index in [1.807, 2.05) is 6.92 Å². The Morgan fingerprint density at radius 2 is 1.95 bits per heavy atom. The van der Waals surface area contributed by atoms with Gasteiger partial charge in [0.05, 0.1) is 13.2 Å². The van der Waals surface area contributed by atoms with Crippen molar-refractivity contribution in [1.82, 2.24) is 9.97 Å². The summed E-state index contributed by atoms with van der Waals surface area (Å²) >= 11 is 1.16. The van der Waals surface area contributed by atoms with Crippen molar-refractivity contribution < 1.29 is 19.1 Å². The molecule has 0 aliphatic carbocycles. The smallest absolute Gasteiger partial charge is 0.343 e. The van der Waals surface area contributed by atoms with Gasteiger partial charge in [-0.25, -0.2) is 14.8 Å². The first-order chi connectivity index (χ1) is 10.0. The Balaban J connectivity index is 2.83. The molecule has 116 valence electrons. The minimum Gasteiger partial charge on any atom is -0.465 e. The van der Waals surface area contributed by atoms with E-state index in [1.165, 1.54) is 6.20 Å². The molecule has 0 spiro atoms. The number of aromatic nitrogens is 2. The van der Waals surface area contributed by atoms with Gasteiger partial charge in [-0.2, -0.15) is 0 Å². The van der Waals surface area contributed by atoms with Crippen LogP contribution in [0.3, 0.4) is 0 Å². The van der Waals surface area contributed by atoms with Gasteiger partial charge in [0.1, 0.15) is 16.6 Å². The highest BCUT2D eigenvalue weighted by Crippen LogP contribution is 2.24. The monoisotopic (exact) mass is 313 g/mol. The predicted octanol–water partition coefficient (Wildman–Crippen LogP) is 1.67. The Bertz CT molecular complexity index is 510. The topological polar surface area (TPSA) is 104 Å². The standard InChI is InChI=1S/C13H19N3O4S/c1-4-9(12(18)20-6-3)21-13-15-7-8(10(14)16-13)11(17)19-5-2/h7,9H,4-6H2,1-3H3,(H2,14,15,16)/t9-/m1/s1. The largest absolute Gasteiger partial charge is 0.465 e. The Kier molecular flexibility index (Phi) is 6.93. The number of nitrogens with two attached hydrogens (primary N) is 1. The third-order valence-electron chi connectivity index (χ3n) is 2.46. The molecule has 1 atom stereocenters. The number of nitrogen functional groups attached to an aromatic ring is 1. The molecule has 1 rings (SSSR count). The fourth-order valence-electron chi connectivity index (χ4n) is 1.46. The van der Waals surface area contributed by atoms with Crippen LogP contribution in [0.25, 0.3) is 0 Å². The van der Waals surface area contributed by atoms with Crippen molar-refractivity contribution in [2.24, 2.45) is 0 Å². The number of anilines is 1. The van der Waals surface area contributed by atoms with E-state index in [0.29, 0.717) is 18.2 Å². The quantitative estimate of drug-likeness (QED) is 0.460. The van der Waals surface area contributed by atoms with Gasteiger partial charge in [-0.15, -0.1) is 0 Å².